The van der Waals surface area contributed by atoms with Crippen LogP contribution in [0.1, 0.15) is 15.9 Å². The van der Waals surface area contributed by atoms with Gasteiger partial charge in [-0.3, -0.25) is 9.59 Å². The van der Waals surface area contributed by atoms with Crippen molar-refractivity contribution >= 4 is 17.5 Å². The van der Waals surface area contributed by atoms with Gasteiger partial charge in [-0.15, -0.1) is 0 Å². The van der Waals surface area contributed by atoms with E-state index in [2.05, 4.69) is 10.2 Å². The van der Waals surface area contributed by atoms with Crippen LogP contribution in [-0.4, -0.2) is 61.4 Å². The molecule has 6 nitrogen and oxygen atoms in total. The summed E-state index contributed by atoms with van der Waals surface area (Å²) in [5, 5.41) is 2.80. The van der Waals surface area contributed by atoms with E-state index < -0.39 is 0 Å². The van der Waals surface area contributed by atoms with Crippen LogP contribution in [0.4, 0.5) is 5.69 Å². The van der Waals surface area contributed by atoms with E-state index in [4.69, 9.17) is 4.74 Å². The standard InChI is InChI=1S/C21H25N3O3/c1-16-6-5-7-17(14-16)27-15-20(25)22-19-9-4-3-8-18(19)21(26)24-12-10-23(2)11-13-24/h3-9,14H,10-13,15H2,1-2H3,(H,22,25). The van der Waals surface area contributed by atoms with E-state index in [1.807, 2.05) is 49.2 Å². The minimum absolute atomic E-state index is 0.0568. The zero-order valence-electron chi connectivity index (χ0n) is 15.8. The highest BCUT2D eigenvalue weighted by Crippen LogP contribution is 2.19. The van der Waals surface area contributed by atoms with Crippen LogP contribution in [0.2, 0.25) is 0 Å². The number of carbonyl (C=O) groups is 2. The highest BCUT2D eigenvalue weighted by molar-refractivity contribution is 6.04. The van der Waals surface area contributed by atoms with Gasteiger partial charge in [-0.2, -0.15) is 0 Å². The van der Waals surface area contributed by atoms with Crippen LogP contribution in [0.15, 0.2) is 48.5 Å². The van der Waals surface area contributed by atoms with E-state index >= 15 is 0 Å². The normalized spacial score (nSPS) is 14.7. The first-order chi connectivity index (χ1) is 13.0. The lowest BCUT2D eigenvalue weighted by molar-refractivity contribution is -0.118. The first-order valence-corrected chi connectivity index (χ1v) is 9.09. The van der Waals surface area contributed by atoms with Crippen LogP contribution in [0.25, 0.3) is 0 Å². The Labute approximate surface area is 159 Å². The molecule has 1 aliphatic rings. The molecule has 0 bridgehead atoms. The van der Waals surface area contributed by atoms with Gasteiger partial charge in [0.2, 0.25) is 0 Å². The third-order valence-electron chi connectivity index (χ3n) is 4.58. The molecule has 27 heavy (non-hydrogen) atoms. The molecule has 0 aliphatic carbocycles. The summed E-state index contributed by atoms with van der Waals surface area (Å²) in [5.74, 6) is 0.292. The lowest BCUT2D eigenvalue weighted by atomic mass is 10.1. The number of piperazine rings is 1. The summed E-state index contributed by atoms with van der Waals surface area (Å²) in [6.07, 6.45) is 0. The van der Waals surface area contributed by atoms with Gasteiger partial charge in [-0.05, 0) is 43.8 Å². The number of amides is 2. The van der Waals surface area contributed by atoms with Crippen molar-refractivity contribution in [2.75, 3.05) is 45.2 Å². The van der Waals surface area contributed by atoms with Crippen molar-refractivity contribution < 1.29 is 14.3 Å². The Hall–Kier alpha value is -2.86. The van der Waals surface area contributed by atoms with E-state index in [1.165, 1.54) is 0 Å². The van der Waals surface area contributed by atoms with Gasteiger partial charge >= 0.3 is 0 Å². The zero-order valence-corrected chi connectivity index (χ0v) is 15.8. The summed E-state index contributed by atoms with van der Waals surface area (Å²) in [6.45, 7) is 4.94. The Morgan fingerprint density at radius 1 is 1.04 bits per heavy atom. The monoisotopic (exact) mass is 367 g/mol. The number of aryl methyl sites for hydroxylation is 1. The summed E-state index contributed by atoms with van der Waals surface area (Å²) in [4.78, 5) is 29.2. The fourth-order valence-electron chi connectivity index (χ4n) is 3.00. The van der Waals surface area contributed by atoms with Gasteiger partial charge in [0.05, 0.1) is 11.3 Å². The molecule has 0 radical (unpaired) electrons. The molecule has 1 heterocycles. The Bertz CT molecular complexity index is 814. The molecule has 3 rings (SSSR count). The molecule has 2 aromatic carbocycles. The molecule has 2 aromatic rings. The predicted octanol–water partition coefficient (Wildman–Crippen LogP) is 2.40. The summed E-state index contributed by atoms with van der Waals surface area (Å²) in [6, 6.07) is 14.6. The van der Waals surface area contributed by atoms with Crippen molar-refractivity contribution in [1.29, 1.82) is 0 Å². The van der Waals surface area contributed by atoms with Gasteiger partial charge in [0.15, 0.2) is 6.61 Å². The lowest BCUT2D eigenvalue weighted by Gasteiger charge is -2.32. The number of nitrogens with one attached hydrogen (secondary N) is 1. The first-order valence-electron chi connectivity index (χ1n) is 9.09. The third-order valence-corrected chi connectivity index (χ3v) is 4.58. The molecule has 142 valence electrons. The number of para-hydroxylation sites is 1. The van der Waals surface area contributed by atoms with Gasteiger partial charge < -0.3 is 19.9 Å². The molecule has 0 spiro atoms. The highest BCUT2D eigenvalue weighted by Gasteiger charge is 2.22. The van der Waals surface area contributed by atoms with E-state index in [0.29, 0.717) is 30.1 Å². The molecule has 0 saturated carbocycles. The van der Waals surface area contributed by atoms with Gasteiger partial charge in [0.1, 0.15) is 5.75 Å². The Balaban J connectivity index is 1.63. The number of hydrogen-bond donors (Lipinski definition) is 1. The molecule has 1 saturated heterocycles. The van der Waals surface area contributed by atoms with Crippen molar-refractivity contribution in [3.05, 3.63) is 59.7 Å². The number of hydrogen-bond acceptors (Lipinski definition) is 4. The van der Waals surface area contributed by atoms with Crippen LogP contribution in [0.3, 0.4) is 0 Å². The molecular formula is C21H25N3O3. The number of rotatable bonds is 5. The van der Waals surface area contributed by atoms with Gasteiger partial charge in [-0.1, -0.05) is 24.3 Å². The molecule has 0 aromatic heterocycles. The second kappa shape index (κ2) is 8.68. The maximum Gasteiger partial charge on any atom is 0.262 e. The SMILES string of the molecule is Cc1cccc(OCC(=O)Nc2ccccc2C(=O)N2CCN(C)CC2)c1. The lowest BCUT2D eigenvalue weighted by Crippen LogP contribution is -2.47. The third kappa shape index (κ3) is 5.08. The molecule has 1 fully saturated rings. The van der Waals surface area contributed by atoms with Gasteiger partial charge in [0, 0.05) is 26.2 Å². The molecule has 1 aliphatic heterocycles. The second-order valence-electron chi connectivity index (χ2n) is 6.79. The Morgan fingerprint density at radius 2 is 1.78 bits per heavy atom. The highest BCUT2D eigenvalue weighted by atomic mass is 16.5. The largest absolute Gasteiger partial charge is 0.484 e. The van der Waals surface area contributed by atoms with E-state index in [1.54, 1.807) is 18.2 Å². The predicted molar refractivity (Wildman–Crippen MR) is 105 cm³/mol. The maximum atomic E-state index is 12.9. The number of benzene rings is 2. The van der Waals surface area contributed by atoms with Crippen molar-refractivity contribution in [2.45, 2.75) is 6.92 Å². The number of anilines is 1. The fraction of sp³-hybridized carbons (Fsp3) is 0.333. The molecular weight excluding hydrogens is 342 g/mol. The van der Waals surface area contributed by atoms with Crippen LogP contribution in [0.5, 0.6) is 5.75 Å². The minimum Gasteiger partial charge on any atom is -0.484 e. The van der Waals surface area contributed by atoms with Crippen molar-refractivity contribution in [2.24, 2.45) is 0 Å². The van der Waals surface area contributed by atoms with Crippen molar-refractivity contribution in [1.82, 2.24) is 9.80 Å². The number of likely N-dealkylation sites (N-methyl/N-ethyl adjacent to an activating group) is 1. The minimum atomic E-state index is -0.296. The Kier molecular flexibility index (Phi) is 6.08. The quantitative estimate of drug-likeness (QED) is 0.882. The van der Waals surface area contributed by atoms with Crippen molar-refractivity contribution in [3.8, 4) is 5.75 Å². The summed E-state index contributed by atoms with van der Waals surface area (Å²) in [5.41, 5.74) is 2.08. The molecule has 2 amide bonds. The molecule has 0 atom stereocenters. The zero-order chi connectivity index (χ0) is 19.2. The molecule has 1 N–H and O–H groups in total. The average molecular weight is 367 g/mol. The van der Waals surface area contributed by atoms with Crippen LogP contribution in [0, 0.1) is 6.92 Å². The maximum absolute atomic E-state index is 12.9. The average Bonchev–Trinajstić information content (AvgIpc) is 2.67. The molecule has 0 unspecified atom stereocenters. The second-order valence-corrected chi connectivity index (χ2v) is 6.79. The van der Waals surface area contributed by atoms with Crippen molar-refractivity contribution in [3.63, 3.8) is 0 Å². The van der Waals surface area contributed by atoms with E-state index in [0.717, 1.165) is 18.7 Å². The molecule has 6 heteroatoms. The van der Waals surface area contributed by atoms with Gasteiger partial charge in [-0.25, -0.2) is 0 Å². The smallest absolute Gasteiger partial charge is 0.262 e. The fourth-order valence-corrected chi connectivity index (χ4v) is 3.00. The Morgan fingerprint density at radius 3 is 2.52 bits per heavy atom. The van der Waals surface area contributed by atoms with Crippen LogP contribution < -0.4 is 10.1 Å². The van der Waals surface area contributed by atoms with E-state index in [9.17, 15) is 9.59 Å². The van der Waals surface area contributed by atoms with Crippen LogP contribution in [-0.2, 0) is 4.79 Å². The summed E-state index contributed by atoms with van der Waals surface area (Å²) >= 11 is 0. The number of carbonyl (C=O) groups excluding carboxylic acids is 2. The summed E-state index contributed by atoms with van der Waals surface area (Å²) in [7, 11) is 2.05. The number of nitrogens with zero attached hydrogens (tertiary/aromatic N) is 2. The topological polar surface area (TPSA) is 61.9 Å². The van der Waals surface area contributed by atoms with E-state index in [-0.39, 0.29) is 18.4 Å². The van der Waals surface area contributed by atoms with Crippen LogP contribution >= 0.6 is 0 Å². The van der Waals surface area contributed by atoms with Gasteiger partial charge in [0.25, 0.3) is 11.8 Å². The number of ether oxygens (including phenoxy) is 1. The first kappa shape index (κ1) is 18.9. The summed E-state index contributed by atoms with van der Waals surface area (Å²) < 4.78 is 5.54.